The first-order chi connectivity index (χ1) is 5.88. The minimum absolute atomic E-state index is 0.142. The summed E-state index contributed by atoms with van der Waals surface area (Å²) >= 11 is 0. The zero-order valence-corrected chi connectivity index (χ0v) is 7.33. The number of β-amino-alcohol motifs (C(OH)–C–C–N with tert-alkyl or cyclic N) is 1. The van der Waals surface area contributed by atoms with Crippen LogP contribution in [-0.4, -0.2) is 37.5 Å². The first-order valence-electron chi connectivity index (χ1n) is 4.84. The van der Waals surface area contributed by atoms with Crippen LogP contribution in [0, 0.1) is 11.8 Å². The van der Waals surface area contributed by atoms with Crippen LogP contribution in [0.4, 0.5) is 0 Å². The number of rotatable bonds is 1. The van der Waals surface area contributed by atoms with Crippen LogP contribution < -0.4 is 5.32 Å². The smallest absolute Gasteiger partial charge is 0.0708 e. The molecule has 2 saturated heterocycles. The highest BCUT2D eigenvalue weighted by Crippen LogP contribution is 2.26. The van der Waals surface area contributed by atoms with Gasteiger partial charge >= 0.3 is 0 Å². The second kappa shape index (κ2) is 3.73. The van der Waals surface area contributed by atoms with Crippen molar-refractivity contribution in [2.24, 2.45) is 11.8 Å². The molecule has 2 fully saturated rings. The molecule has 3 nitrogen and oxygen atoms in total. The van der Waals surface area contributed by atoms with Gasteiger partial charge < -0.3 is 15.2 Å². The van der Waals surface area contributed by atoms with Crippen molar-refractivity contribution in [1.82, 2.24) is 5.32 Å². The number of aliphatic hydroxyl groups excluding tert-OH is 1. The topological polar surface area (TPSA) is 41.5 Å². The summed E-state index contributed by atoms with van der Waals surface area (Å²) < 4.78 is 5.40. The van der Waals surface area contributed by atoms with Gasteiger partial charge in [-0.2, -0.15) is 0 Å². The van der Waals surface area contributed by atoms with E-state index in [1.165, 1.54) is 6.42 Å². The molecule has 0 amide bonds. The van der Waals surface area contributed by atoms with E-state index in [0.717, 1.165) is 32.7 Å². The van der Waals surface area contributed by atoms with E-state index in [-0.39, 0.29) is 6.10 Å². The lowest BCUT2D eigenvalue weighted by molar-refractivity contribution is 0.00602. The lowest BCUT2D eigenvalue weighted by Crippen LogP contribution is -2.32. The minimum atomic E-state index is -0.142. The third kappa shape index (κ3) is 1.63. The maximum Gasteiger partial charge on any atom is 0.0708 e. The van der Waals surface area contributed by atoms with Gasteiger partial charge in [0.15, 0.2) is 0 Å². The van der Waals surface area contributed by atoms with E-state index < -0.39 is 0 Å². The van der Waals surface area contributed by atoms with Gasteiger partial charge in [-0.25, -0.2) is 0 Å². The van der Waals surface area contributed by atoms with Gasteiger partial charge in [-0.3, -0.25) is 0 Å². The van der Waals surface area contributed by atoms with Crippen LogP contribution in [-0.2, 0) is 4.74 Å². The highest BCUT2D eigenvalue weighted by molar-refractivity contribution is 4.86. The summed E-state index contributed by atoms with van der Waals surface area (Å²) in [5.74, 6) is 1.02. The van der Waals surface area contributed by atoms with Crippen molar-refractivity contribution in [2.45, 2.75) is 18.9 Å². The fourth-order valence-corrected chi connectivity index (χ4v) is 2.27. The lowest BCUT2D eigenvalue weighted by atomic mass is 9.86. The molecule has 0 aromatic rings. The van der Waals surface area contributed by atoms with Gasteiger partial charge in [0.1, 0.15) is 0 Å². The van der Waals surface area contributed by atoms with E-state index in [2.05, 4.69) is 5.32 Å². The molecule has 12 heavy (non-hydrogen) atoms. The first-order valence-corrected chi connectivity index (χ1v) is 4.84. The van der Waals surface area contributed by atoms with E-state index in [1.54, 1.807) is 0 Å². The molecule has 0 aliphatic carbocycles. The zero-order valence-electron chi connectivity index (χ0n) is 7.33. The molecular weight excluding hydrogens is 154 g/mol. The van der Waals surface area contributed by atoms with Gasteiger partial charge in [-0.1, -0.05) is 0 Å². The molecule has 3 heteroatoms. The van der Waals surface area contributed by atoms with Gasteiger partial charge in [0.25, 0.3) is 0 Å². The fraction of sp³-hybridized carbons (Fsp3) is 1.00. The quantitative estimate of drug-likeness (QED) is 0.583. The van der Waals surface area contributed by atoms with E-state index in [1.807, 2.05) is 0 Å². The molecule has 0 aromatic carbocycles. The molecule has 0 bridgehead atoms. The van der Waals surface area contributed by atoms with Crippen molar-refractivity contribution in [1.29, 1.82) is 0 Å². The van der Waals surface area contributed by atoms with Crippen molar-refractivity contribution in [3.8, 4) is 0 Å². The van der Waals surface area contributed by atoms with E-state index in [9.17, 15) is 5.11 Å². The number of nitrogens with one attached hydrogen (secondary N) is 1. The Morgan fingerprint density at radius 2 is 2.25 bits per heavy atom. The first kappa shape index (κ1) is 8.48. The van der Waals surface area contributed by atoms with Gasteiger partial charge in [0.05, 0.1) is 6.10 Å². The zero-order chi connectivity index (χ0) is 8.39. The molecule has 0 spiro atoms. The Morgan fingerprint density at radius 3 is 2.83 bits per heavy atom. The van der Waals surface area contributed by atoms with Crippen molar-refractivity contribution in [3.05, 3.63) is 0 Å². The molecule has 2 aliphatic heterocycles. The summed E-state index contributed by atoms with van der Waals surface area (Å²) in [7, 11) is 0. The van der Waals surface area contributed by atoms with Crippen LogP contribution in [0.5, 0.6) is 0 Å². The summed E-state index contributed by atoms with van der Waals surface area (Å²) in [6.07, 6.45) is 2.24. The van der Waals surface area contributed by atoms with E-state index in [4.69, 9.17) is 4.74 Å². The summed E-state index contributed by atoms with van der Waals surface area (Å²) in [6, 6.07) is 0. The molecule has 3 atom stereocenters. The second-order valence-electron chi connectivity index (χ2n) is 3.87. The molecule has 2 N–H and O–H groups in total. The molecule has 3 unspecified atom stereocenters. The van der Waals surface area contributed by atoms with Gasteiger partial charge in [0.2, 0.25) is 0 Å². The molecule has 0 saturated carbocycles. The Labute approximate surface area is 73.1 Å². The van der Waals surface area contributed by atoms with Crippen LogP contribution in [0.25, 0.3) is 0 Å². The molecule has 2 aliphatic rings. The number of hydrogen-bond acceptors (Lipinski definition) is 3. The maximum atomic E-state index is 9.62. The van der Waals surface area contributed by atoms with Gasteiger partial charge in [-0.15, -0.1) is 0 Å². The second-order valence-corrected chi connectivity index (χ2v) is 3.87. The monoisotopic (exact) mass is 171 g/mol. The van der Waals surface area contributed by atoms with Crippen LogP contribution in [0.15, 0.2) is 0 Å². The Kier molecular flexibility index (Phi) is 2.63. The number of ether oxygens (including phenoxy) is 1. The van der Waals surface area contributed by atoms with Gasteiger partial charge in [0, 0.05) is 32.2 Å². The number of hydrogen-bond donors (Lipinski definition) is 2. The van der Waals surface area contributed by atoms with E-state index in [0.29, 0.717) is 11.8 Å². The van der Waals surface area contributed by atoms with Crippen molar-refractivity contribution >= 4 is 0 Å². The van der Waals surface area contributed by atoms with Crippen molar-refractivity contribution in [3.63, 3.8) is 0 Å². The van der Waals surface area contributed by atoms with Crippen LogP contribution in [0.3, 0.4) is 0 Å². The summed E-state index contributed by atoms with van der Waals surface area (Å²) in [5.41, 5.74) is 0. The highest BCUT2D eigenvalue weighted by atomic mass is 16.5. The number of aliphatic hydroxyl groups is 1. The summed E-state index contributed by atoms with van der Waals surface area (Å²) in [6.45, 7) is 3.49. The minimum Gasteiger partial charge on any atom is -0.391 e. The largest absolute Gasteiger partial charge is 0.391 e. The fourth-order valence-electron chi connectivity index (χ4n) is 2.27. The molecule has 0 aromatic heterocycles. The predicted molar refractivity (Wildman–Crippen MR) is 45.9 cm³/mol. The highest BCUT2D eigenvalue weighted by Gasteiger charge is 2.33. The standard InChI is InChI=1S/C9H17NO2/c11-9-5-10-4-8(9)7-2-1-3-12-6-7/h7-11H,1-6H2. The SMILES string of the molecule is OC1CNCC1C1CCCOC1. The Balaban J connectivity index is 1.89. The Hall–Kier alpha value is -0.120. The summed E-state index contributed by atoms with van der Waals surface area (Å²) in [4.78, 5) is 0. The Bertz CT molecular complexity index is 145. The summed E-state index contributed by atoms with van der Waals surface area (Å²) in [5, 5.41) is 12.8. The van der Waals surface area contributed by atoms with Crippen LogP contribution in [0.2, 0.25) is 0 Å². The molecule has 2 rings (SSSR count). The lowest BCUT2D eigenvalue weighted by Gasteiger charge is -2.28. The van der Waals surface area contributed by atoms with Gasteiger partial charge in [-0.05, 0) is 18.8 Å². The molecule has 0 radical (unpaired) electrons. The predicted octanol–water partition coefficient (Wildman–Crippen LogP) is -0.00670. The van der Waals surface area contributed by atoms with Crippen molar-refractivity contribution in [2.75, 3.05) is 26.3 Å². The van der Waals surface area contributed by atoms with Crippen LogP contribution in [0.1, 0.15) is 12.8 Å². The average molecular weight is 171 g/mol. The maximum absolute atomic E-state index is 9.62. The normalized spacial score (nSPS) is 43.2. The van der Waals surface area contributed by atoms with E-state index >= 15 is 0 Å². The molecule has 2 heterocycles. The average Bonchev–Trinajstić information content (AvgIpc) is 2.53. The third-order valence-electron chi connectivity index (χ3n) is 3.03. The molecular formula is C9H17NO2. The Morgan fingerprint density at radius 1 is 1.33 bits per heavy atom. The molecule has 70 valence electrons. The van der Waals surface area contributed by atoms with Crippen molar-refractivity contribution < 1.29 is 9.84 Å². The van der Waals surface area contributed by atoms with Crippen LogP contribution >= 0.6 is 0 Å². The third-order valence-corrected chi connectivity index (χ3v) is 3.03.